The van der Waals surface area contributed by atoms with Crippen molar-refractivity contribution in [2.75, 3.05) is 0 Å². The number of carbonyl (C=O) groups is 1. The van der Waals surface area contributed by atoms with Crippen molar-refractivity contribution < 1.29 is 9.32 Å². The predicted molar refractivity (Wildman–Crippen MR) is 87.2 cm³/mol. The molecule has 0 aliphatic rings. The summed E-state index contributed by atoms with van der Waals surface area (Å²) in [6.45, 7) is 3.96. The summed E-state index contributed by atoms with van der Waals surface area (Å²) in [6.07, 6.45) is 0. The van der Waals surface area contributed by atoms with E-state index in [4.69, 9.17) is 10.3 Å². The standard InChI is InChI=1S/C12H15BrN4O2S.ClH/c1-6(2)10(14)12(18)15-4-9-16-11(17-19-9)8-3-7(13)5-20-8;/h3,5-6,10H,4,14H2,1-2H3,(H,15,18);1H/t10-;/m0./s1. The van der Waals surface area contributed by atoms with Crippen LogP contribution in [-0.2, 0) is 11.3 Å². The Bertz CT molecular complexity index is 602. The van der Waals surface area contributed by atoms with Crippen molar-refractivity contribution in [2.24, 2.45) is 11.7 Å². The topological polar surface area (TPSA) is 94.0 Å². The number of hydrogen-bond donors (Lipinski definition) is 2. The van der Waals surface area contributed by atoms with Crippen LogP contribution in [0.1, 0.15) is 19.7 Å². The van der Waals surface area contributed by atoms with Crippen LogP contribution in [0, 0.1) is 5.92 Å². The van der Waals surface area contributed by atoms with Crippen molar-refractivity contribution in [3.8, 4) is 10.7 Å². The highest BCUT2D eigenvalue weighted by atomic mass is 79.9. The molecular formula is C12H16BrClN4O2S. The first-order chi connectivity index (χ1) is 9.47. The Labute approximate surface area is 141 Å². The van der Waals surface area contributed by atoms with Crippen molar-refractivity contribution in [1.29, 1.82) is 0 Å². The molecule has 0 aliphatic carbocycles. The molecule has 2 rings (SSSR count). The molecule has 0 unspecified atom stereocenters. The van der Waals surface area contributed by atoms with E-state index in [1.54, 1.807) is 0 Å². The summed E-state index contributed by atoms with van der Waals surface area (Å²) in [7, 11) is 0. The molecule has 116 valence electrons. The molecule has 0 saturated carbocycles. The first-order valence-corrected chi connectivity index (χ1v) is 7.75. The summed E-state index contributed by atoms with van der Waals surface area (Å²) in [5, 5.41) is 8.50. The second-order valence-electron chi connectivity index (χ2n) is 4.63. The van der Waals surface area contributed by atoms with Gasteiger partial charge in [0.25, 0.3) is 0 Å². The van der Waals surface area contributed by atoms with Crippen LogP contribution < -0.4 is 11.1 Å². The van der Waals surface area contributed by atoms with E-state index in [1.807, 2.05) is 25.3 Å². The van der Waals surface area contributed by atoms with Crippen molar-refractivity contribution >= 4 is 45.6 Å². The van der Waals surface area contributed by atoms with Gasteiger partial charge in [0.05, 0.1) is 17.5 Å². The molecule has 1 amide bonds. The fourth-order valence-electron chi connectivity index (χ4n) is 1.44. The Hall–Kier alpha value is -0.960. The second-order valence-corrected chi connectivity index (χ2v) is 6.46. The van der Waals surface area contributed by atoms with E-state index in [-0.39, 0.29) is 30.8 Å². The summed E-state index contributed by atoms with van der Waals surface area (Å²) >= 11 is 4.88. The Morgan fingerprint density at radius 1 is 1.57 bits per heavy atom. The number of hydrogen-bond acceptors (Lipinski definition) is 6. The Morgan fingerprint density at radius 2 is 2.29 bits per heavy atom. The van der Waals surface area contributed by atoms with E-state index < -0.39 is 6.04 Å². The van der Waals surface area contributed by atoms with E-state index >= 15 is 0 Å². The third kappa shape index (κ3) is 4.77. The molecule has 3 N–H and O–H groups in total. The summed E-state index contributed by atoms with van der Waals surface area (Å²) < 4.78 is 6.07. The van der Waals surface area contributed by atoms with Crippen LogP contribution in [0.4, 0.5) is 0 Å². The lowest BCUT2D eigenvalue weighted by Crippen LogP contribution is -2.43. The minimum atomic E-state index is -0.536. The van der Waals surface area contributed by atoms with Crippen LogP contribution in [0.5, 0.6) is 0 Å². The molecule has 9 heteroatoms. The van der Waals surface area contributed by atoms with Crippen LogP contribution in [0.3, 0.4) is 0 Å². The number of halogens is 2. The van der Waals surface area contributed by atoms with Crippen molar-refractivity contribution in [3.63, 3.8) is 0 Å². The van der Waals surface area contributed by atoms with Crippen molar-refractivity contribution in [3.05, 3.63) is 21.8 Å². The number of aromatic nitrogens is 2. The molecule has 2 heterocycles. The average Bonchev–Trinajstić information content (AvgIpc) is 3.03. The molecule has 1 atom stereocenters. The van der Waals surface area contributed by atoms with Crippen LogP contribution in [-0.4, -0.2) is 22.1 Å². The maximum Gasteiger partial charge on any atom is 0.246 e. The zero-order valence-corrected chi connectivity index (χ0v) is 14.7. The lowest BCUT2D eigenvalue weighted by atomic mass is 10.1. The Kier molecular flexibility index (Phi) is 6.79. The van der Waals surface area contributed by atoms with Gasteiger partial charge in [-0.3, -0.25) is 4.79 Å². The highest BCUT2D eigenvalue weighted by Crippen LogP contribution is 2.27. The number of nitrogens with two attached hydrogens (primary N) is 1. The van der Waals surface area contributed by atoms with Crippen molar-refractivity contribution in [1.82, 2.24) is 15.5 Å². The smallest absolute Gasteiger partial charge is 0.246 e. The normalized spacial score (nSPS) is 12.0. The van der Waals surface area contributed by atoms with Crippen LogP contribution in [0.2, 0.25) is 0 Å². The maximum atomic E-state index is 11.7. The monoisotopic (exact) mass is 394 g/mol. The highest BCUT2D eigenvalue weighted by Gasteiger charge is 2.18. The molecule has 6 nitrogen and oxygen atoms in total. The van der Waals surface area contributed by atoms with E-state index in [1.165, 1.54) is 11.3 Å². The van der Waals surface area contributed by atoms with Gasteiger partial charge in [0.2, 0.25) is 17.6 Å². The summed E-state index contributed by atoms with van der Waals surface area (Å²) in [4.78, 5) is 16.8. The quantitative estimate of drug-likeness (QED) is 0.811. The van der Waals surface area contributed by atoms with E-state index in [9.17, 15) is 4.79 Å². The predicted octanol–water partition coefficient (Wildman–Crippen LogP) is 2.58. The third-order valence-corrected chi connectivity index (χ3v) is 4.38. The zero-order valence-electron chi connectivity index (χ0n) is 11.5. The van der Waals surface area contributed by atoms with Gasteiger partial charge in [0.1, 0.15) is 0 Å². The SMILES string of the molecule is CC(C)[C@H](N)C(=O)NCc1nc(-c2cc(Br)cs2)no1.Cl. The highest BCUT2D eigenvalue weighted by molar-refractivity contribution is 9.10. The third-order valence-electron chi connectivity index (χ3n) is 2.69. The first kappa shape index (κ1) is 18.1. The molecule has 0 saturated heterocycles. The fourth-order valence-corrected chi connectivity index (χ4v) is 2.79. The largest absolute Gasteiger partial charge is 0.346 e. The molecule has 0 fully saturated rings. The number of nitrogens with one attached hydrogen (secondary N) is 1. The van der Waals surface area contributed by atoms with Crippen molar-refractivity contribution in [2.45, 2.75) is 26.4 Å². The van der Waals surface area contributed by atoms with Gasteiger partial charge < -0.3 is 15.6 Å². The zero-order chi connectivity index (χ0) is 14.7. The summed E-state index contributed by atoms with van der Waals surface area (Å²) in [6, 6.07) is 1.37. The van der Waals surface area contributed by atoms with Gasteiger partial charge in [0.15, 0.2) is 0 Å². The summed E-state index contributed by atoms with van der Waals surface area (Å²) in [5.41, 5.74) is 5.74. The van der Waals surface area contributed by atoms with Crippen LogP contribution >= 0.6 is 39.7 Å². The van der Waals surface area contributed by atoms with E-state index in [0.717, 1.165) is 9.35 Å². The molecule has 0 aromatic carbocycles. The molecule has 2 aromatic rings. The van der Waals surface area contributed by atoms with Gasteiger partial charge in [-0.1, -0.05) is 19.0 Å². The number of amides is 1. The van der Waals surface area contributed by atoms with Gasteiger partial charge >= 0.3 is 0 Å². The molecule has 21 heavy (non-hydrogen) atoms. The van der Waals surface area contributed by atoms with Gasteiger partial charge in [-0.2, -0.15) is 4.98 Å². The molecule has 0 bridgehead atoms. The number of nitrogens with zero attached hydrogens (tertiary/aromatic N) is 2. The molecular weight excluding hydrogens is 380 g/mol. The second kappa shape index (κ2) is 7.88. The lowest BCUT2D eigenvalue weighted by Gasteiger charge is -2.14. The Morgan fingerprint density at radius 3 is 2.86 bits per heavy atom. The molecule has 0 radical (unpaired) electrons. The number of thiophene rings is 1. The minimum Gasteiger partial charge on any atom is -0.346 e. The Balaban J connectivity index is 0.00000220. The molecule has 0 aliphatic heterocycles. The van der Waals surface area contributed by atoms with E-state index in [2.05, 4.69) is 31.4 Å². The minimum absolute atomic E-state index is 0. The van der Waals surface area contributed by atoms with Gasteiger partial charge in [-0.05, 0) is 27.9 Å². The fraction of sp³-hybridized carbons (Fsp3) is 0.417. The van der Waals surface area contributed by atoms with Gasteiger partial charge in [-0.15, -0.1) is 23.7 Å². The average molecular weight is 396 g/mol. The molecule has 2 aromatic heterocycles. The van der Waals surface area contributed by atoms with E-state index in [0.29, 0.717) is 11.7 Å². The van der Waals surface area contributed by atoms with Crippen LogP contribution in [0.25, 0.3) is 10.7 Å². The number of carbonyl (C=O) groups excluding carboxylic acids is 1. The lowest BCUT2D eigenvalue weighted by molar-refractivity contribution is -0.123. The van der Waals surface area contributed by atoms with Crippen LogP contribution in [0.15, 0.2) is 20.4 Å². The molecule has 0 spiro atoms. The maximum absolute atomic E-state index is 11.7. The number of rotatable bonds is 5. The summed E-state index contributed by atoms with van der Waals surface area (Å²) in [5.74, 6) is 0.724. The van der Waals surface area contributed by atoms with Gasteiger partial charge in [0, 0.05) is 9.85 Å². The first-order valence-electron chi connectivity index (χ1n) is 6.07. The van der Waals surface area contributed by atoms with Gasteiger partial charge in [-0.25, -0.2) is 0 Å².